The van der Waals surface area contributed by atoms with E-state index in [0.29, 0.717) is 23.3 Å². The Morgan fingerprint density at radius 1 is 0.417 bits per heavy atom. The maximum Gasteiger partial charge on any atom is 1.00 e. The van der Waals surface area contributed by atoms with Crippen LogP contribution in [-0.2, 0) is 17.1 Å². The molecule has 0 saturated carbocycles. The van der Waals surface area contributed by atoms with Crippen molar-refractivity contribution in [1.29, 1.82) is 0 Å². The van der Waals surface area contributed by atoms with Crippen molar-refractivity contribution in [2.75, 3.05) is 0 Å². The monoisotopic (exact) mass is 576 g/mol. The van der Waals surface area contributed by atoms with Crippen molar-refractivity contribution in [2.45, 2.75) is 0 Å². The zero-order valence-corrected chi connectivity index (χ0v) is 19.7. The molecule has 4 heterocycles. The first kappa shape index (κ1) is 30.4. The van der Waals surface area contributed by atoms with Crippen molar-refractivity contribution in [1.82, 2.24) is 19.9 Å². The fourth-order valence-electron chi connectivity index (χ4n) is 1.86. The van der Waals surface area contributed by atoms with Crippen molar-refractivity contribution < 1.29 is 42.3 Å². The third-order valence-electron chi connectivity index (χ3n) is 3.11. The van der Waals surface area contributed by atoms with E-state index in [0.717, 1.165) is 0 Å². The maximum absolute atomic E-state index is 10.7. The number of halogens is 6. The van der Waals surface area contributed by atoms with Gasteiger partial charge in [-0.2, -0.15) is 0 Å². The Balaban J connectivity index is 0.000000283. The number of azo groups is 2. The molecular formula is C20H16CuF6N8P. The van der Waals surface area contributed by atoms with Crippen molar-refractivity contribution in [3.8, 4) is 0 Å². The Hall–Kier alpha value is -3.67. The Labute approximate surface area is 211 Å². The number of aromatic nitrogens is 4. The number of hydrogen-bond donors (Lipinski definition) is 0. The topological polar surface area (TPSA) is 101 Å². The van der Waals surface area contributed by atoms with Gasteiger partial charge in [0.25, 0.3) is 0 Å². The van der Waals surface area contributed by atoms with Crippen LogP contribution < -0.4 is 0 Å². The number of nitrogens with zero attached hydrogens (tertiary/aromatic N) is 8. The molecule has 0 N–H and O–H groups in total. The van der Waals surface area contributed by atoms with Crippen LogP contribution in [0, 0.1) is 0 Å². The molecule has 36 heavy (non-hydrogen) atoms. The normalized spacial score (nSPS) is 12.7. The molecule has 4 aromatic heterocycles. The second kappa shape index (κ2) is 12.9. The summed E-state index contributed by atoms with van der Waals surface area (Å²) in [5.74, 6) is 2.33. The van der Waals surface area contributed by atoms with Crippen LogP contribution in [0.15, 0.2) is 118 Å². The largest absolute Gasteiger partial charge is 1.00 e. The fraction of sp³-hybridized carbons (Fsp3) is 0. The summed E-state index contributed by atoms with van der Waals surface area (Å²) in [4.78, 5) is 16.0. The maximum atomic E-state index is 9.87. The average Bonchev–Trinajstić information content (AvgIpc) is 2.83. The molecular weight excluding hydrogens is 561 g/mol. The predicted molar refractivity (Wildman–Crippen MR) is 119 cm³/mol. The van der Waals surface area contributed by atoms with Gasteiger partial charge >= 0.3 is 50.1 Å². The number of hydrogen-bond acceptors (Lipinski definition) is 8. The van der Waals surface area contributed by atoms with Crippen molar-refractivity contribution in [3.63, 3.8) is 0 Å². The summed E-state index contributed by atoms with van der Waals surface area (Å²) in [6, 6.07) is 21.9. The van der Waals surface area contributed by atoms with Crippen LogP contribution >= 0.6 is 7.81 Å². The summed E-state index contributed by atoms with van der Waals surface area (Å²) >= 11 is 0. The van der Waals surface area contributed by atoms with Crippen LogP contribution in [0.25, 0.3) is 0 Å². The Morgan fingerprint density at radius 2 is 0.611 bits per heavy atom. The minimum absolute atomic E-state index is 0. The average molecular weight is 577 g/mol. The van der Waals surface area contributed by atoms with E-state index >= 15 is 0 Å². The molecule has 0 saturated heterocycles. The van der Waals surface area contributed by atoms with Crippen LogP contribution in [0.3, 0.4) is 0 Å². The molecule has 0 aliphatic heterocycles. The predicted octanol–water partition coefficient (Wildman–Crippen LogP) is 9.16. The third kappa shape index (κ3) is 17.8. The van der Waals surface area contributed by atoms with Gasteiger partial charge in [-0.25, -0.2) is 19.9 Å². The van der Waals surface area contributed by atoms with Gasteiger partial charge in [-0.3, -0.25) is 0 Å². The summed E-state index contributed by atoms with van der Waals surface area (Å²) in [6.07, 6.45) is 6.69. The molecule has 0 unspecified atom stereocenters. The molecule has 0 aliphatic rings. The van der Waals surface area contributed by atoms with E-state index in [1.807, 2.05) is 48.5 Å². The second-order valence-corrected chi connectivity index (χ2v) is 8.03. The van der Waals surface area contributed by atoms with Gasteiger partial charge in [0.2, 0.25) is 0 Å². The first-order chi connectivity index (χ1) is 16.3. The summed E-state index contributed by atoms with van der Waals surface area (Å²) < 4.78 is 59.2. The van der Waals surface area contributed by atoms with Crippen molar-refractivity contribution in [3.05, 3.63) is 97.6 Å². The molecule has 4 rings (SSSR count). The van der Waals surface area contributed by atoms with Gasteiger partial charge in [0.05, 0.1) is 0 Å². The fourth-order valence-corrected chi connectivity index (χ4v) is 1.86. The van der Waals surface area contributed by atoms with E-state index in [4.69, 9.17) is 0 Å². The van der Waals surface area contributed by atoms with E-state index in [-0.39, 0.29) is 17.1 Å². The number of pyridine rings is 4. The molecule has 0 spiro atoms. The molecule has 0 aromatic carbocycles. The molecule has 4 aromatic rings. The smallest absolute Gasteiger partial charge is 0.236 e. The molecule has 0 aliphatic carbocycles. The molecule has 0 radical (unpaired) electrons. The van der Waals surface area contributed by atoms with E-state index in [1.165, 1.54) is 0 Å². The summed E-state index contributed by atoms with van der Waals surface area (Å²) in [6.45, 7) is 0. The molecule has 8 nitrogen and oxygen atoms in total. The van der Waals surface area contributed by atoms with E-state index < -0.39 is 7.81 Å². The van der Waals surface area contributed by atoms with Gasteiger partial charge in [-0.1, -0.05) is 24.3 Å². The van der Waals surface area contributed by atoms with Gasteiger partial charge in [0.15, 0.2) is 23.3 Å². The van der Waals surface area contributed by atoms with Crippen LogP contribution in [0.1, 0.15) is 0 Å². The van der Waals surface area contributed by atoms with Crippen LogP contribution in [-0.4, -0.2) is 19.9 Å². The van der Waals surface area contributed by atoms with Gasteiger partial charge in [0.1, 0.15) is 0 Å². The Morgan fingerprint density at radius 3 is 0.750 bits per heavy atom. The Kier molecular flexibility index (Phi) is 10.8. The third-order valence-corrected chi connectivity index (χ3v) is 3.11. The summed E-state index contributed by atoms with van der Waals surface area (Å²) in [5.41, 5.74) is 0. The standard InChI is InChI=1S/2C10H8N4.Cu.F6P/c2*1-3-7-11-9(5-1)13-14-10-6-2-4-8-12-10;;1-7(2,3,4,5)6/h2*1-8H;;/q;;+1;-1/b2*14-13+;;. The van der Waals surface area contributed by atoms with Gasteiger partial charge in [-0.15, -0.1) is 20.5 Å². The molecule has 0 fully saturated rings. The van der Waals surface area contributed by atoms with E-state index in [1.54, 1.807) is 49.1 Å². The van der Waals surface area contributed by atoms with Crippen LogP contribution in [0.2, 0.25) is 0 Å². The van der Waals surface area contributed by atoms with E-state index in [2.05, 4.69) is 40.4 Å². The van der Waals surface area contributed by atoms with Gasteiger partial charge < -0.3 is 0 Å². The number of rotatable bonds is 4. The molecule has 16 heteroatoms. The van der Waals surface area contributed by atoms with Gasteiger partial charge in [-0.05, 0) is 48.5 Å². The minimum Gasteiger partial charge on any atom is -0.236 e. The molecule has 0 amide bonds. The van der Waals surface area contributed by atoms with Crippen LogP contribution in [0.4, 0.5) is 48.5 Å². The molecule has 0 bridgehead atoms. The first-order valence-corrected chi connectivity index (χ1v) is 11.4. The van der Waals surface area contributed by atoms with Gasteiger partial charge in [0, 0.05) is 24.8 Å². The zero-order chi connectivity index (χ0) is 25.7. The minimum atomic E-state index is -10.7. The van der Waals surface area contributed by atoms with Crippen molar-refractivity contribution >= 4 is 31.1 Å². The summed E-state index contributed by atoms with van der Waals surface area (Å²) in [7, 11) is -10.7. The first-order valence-electron chi connectivity index (χ1n) is 9.39. The molecule has 194 valence electrons. The molecule has 0 atom stereocenters. The zero-order valence-electron chi connectivity index (χ0n) is 17.8. The Bertz CT molecular complexity index is 1040. The second-order valence-electron chi connectivity index (χ2n) is 6.11. The quantitative estimate of drug-likeness (QED) is 0.105. The van der Waals surface area contributed by atoms with Crippen molar-refractivity contribution in [2.24, 2.45) is 20.5 Å². The van der Waals surface area contributed by atoms with E-state index in [9.17, 15) is 25.2 Å². The summed E-state index contributed by atoms with van der Waals surface area (Å²) in [5, 5.41) is 15.7. The van der Waals surface area contributed by atoms with Crippen LogP contribution in [0.5, 0.6) is 0 Å². The SMILES string of the molecule is F[P-](F)(F)(F)(F)F.[Cu+].c1ccc(/N=N/c2ccccn2)nc1.c1ccc(/N=N/c2ccccn2)nc1.